The van der Waals surface area contributed by atoms with Crippen molar-refractivity contribution in [2.45, 2.75) is 45.0 Å². The molecule has 3 N–H and O–H groups in total. The van der Waals surface area contributed by atoms with Crippen LogP contribution in [-0.2, 0) is 17.9 Å². The van der Waals surface area contributed by atoms with Crippen molar-refractivity contribution in [2.75, 3.05) is 11.6 Å². The number of carbonyl (C=O) groups is 1. The van der Waals surface area contributed by atoms with Crippen LogP contribution in [0.4, 0.5) is 0 Å². The number of hydrogen-bond donors (Lipinski definition) is 2. The van der Waals surface area contributed by atoms with Gasteiger partial charge in [0.25, 0.3) is 0 Å². The second-order valence-corrected chi connectivity index (χ2v) is 8.22. The van der Waals surface area contributed by atoms with E-state index in [1.54, 1.807) is 0 Å². The number of nitrogens with zero attached hydrogens (tertiary/aromatic N) is 3. The molecule has 0 saturated heterocycles. The maximum Gasteiger partial charge on any atom is 0.230 e. The van der Waals surface area contributed by atoms with E-state index in [0.717, 1.165) is 16.9 Å². The molecule has 0 aliphatic carbocycles. The summed E-state index contributed by atoms with van der Waals surface area (Å²) in [6, 6.07) is 15.9. The molecule has 0 radical (unpaired) electrons. The summed E-state index contributed by atoms with van der Waals surface area (Å²) in [5.74, 6) is 7.89. The number of benzene rings is 2. The highest BCUT2D eigenvalue weighted by Gasteiger charge is 2.13. The van der Waals surface area contributed by atoms with E-state index < -0.39 is 0 Å². The lowest BCUT2D eigenvalue weighted by Crippen LogP contribution is -2.25. The topological polar surface area (TPSA) is 95.1 Å². The minimum absolute atomic E-state index is 0.0886. The number of nitrogen functional groups attached to an aromatic ring is 1. The van der Waals surface area contributed by atoms with Gasteiger partial charge < -0.3 is 15.9 Å². The number of rotatable bonds is 9. The molecule has 1 aromatic heterocycles. The predicted octanol–water partition coefficient (Wildman–Crippen LogP) is 3.41. The maximum atomic E-state index is 12.2. The number of aryl methyl sites for hydroxylation is 1. The lowest BCUT2D eigenvalue weighted by Gasteiger charge is -2.09. The SMILES string of the molecule is Cc1ccccc1CNC(=O)CSc1nnc(COc2ccc(C(C)C)cc2)n1N. The third-order valence-electron chi connectivity index (χ3n) is 4.72. The summed E-state index contributed by atoms with van der Waals surface area (Å²) in [7, 11) is 0. The molecule has 1 heterocycles. The van der Waals surface area contributed by atoms with Crippen LogP contribution >= 0.6 is 11.8 Å². The second-order valence-electron chi connectivity index (χ2n) is 7.27. The van der Waals surface area contributed by atoms with Crippen LogP contribution in [0.5, 0.6) is 5.75 Å². The largest absolute Gasteiger partial charge is 0.486 e. The first-order valence-corrected chi connectivity index (χ1v) is 10.8. The maximum absolute atomic E-state index is 12.2. The number of amides is 1. The highest BCUT2D eigenvalue weighted by Crippen LogP contribution is 2.20. The molecule has 3 aromatic rings. The molecule has 158 valence electrons. The van der Waals surface area contributed by atoms with Gasteiger partial charge in [-0.2, -0.15) is 0 Å². The monoisotopic (exact) mass is 425 g/mol. The second kappa shape index (κ2) is 10.2. The Morgan fingerprint density at radius 1 is 1.17 bits per heavy atom. The molecular formula is C22H27N5O2S. The van der Waals surface area contributed by atoms with Crippen molar-refractivity contribution >= 4 is 17.7 Å². The Morgan fingerprint density at radius 2 is 1.90 bits per heavy atom. The summed E-state index contributed by atoms with van der Waals surface area (Å²) in [5, 5.41) is 11.5. The van der Waals surface area contributed by atoms with Crippen molar-refractivity contribution in [1.29, 1.82) is 0 Å². The lowest BCUT2D eigenvalue weighted by molar-refractivity contribution is -0.118. The van der Waals surface area contributed by atoms with E-state index in [-0.39, 0.29) is 18.3 Å². The summed E-state index contributed by atoms with van der Waals surface area (Å²) >= 11 is 1.24. The first kappa shape index (κ1) is 21.7. The molecule has 2 aromatic carbocycles. The molecule has 7 nitrogen and oxygen atoms in total. The van der Waals surface area contributed by atoms with Gasteiger partial charge in [-0.3, -0.25) is 4.79 Å². The third-order valence-corrected chi connectivity index (χ3v) is 5.66. The van der Waals surface area contributed by atoms with Crippen LogP contribution in [-0.4, -0.2) is 26.5 Å². The zero-order chi connectivity index (χ0) is 21.5. The van der Waals surface area contributed by atoms with Crippen LogP contribution in [0.15, 0.2) is 53.7 Å². The first-order chi connectivity index (χ1) is 14.4. The van der Waals surface area contributed by atoms with Crippen molar-refractivity contribution in [3.8, 4) is 5.75 Å². The van der Waals surface area contributed by atoms with Crippen molar-refractivity contribution in [3.63, 3.8) is 0 Å². The molecule has 0 fully saturated rings. The Hall–Kier alpha value is -3.00. The van der Waals surface area contributed by atoms with Crippen LogP contribution < -0.4 is 15.9 Å². The van der Waals surface area contributed by atoms with E-state index in [2.05, 4.69) is 29.4 Å². The van der Waals surface area contributed by atoms with Gasteiger partial charge in [0.15, 0.2) is 5.82 Å². The highest BCUT2D eigenvalue weighted by molar-refractivity contribution is 7.99. The number of nitrogens with two attached hydrogens (primary N) is 1. The number of aromatic nitrogens is 3. The van der Waals surface area contributed by atoms with Crippen LogP contribution in [0.25, 0.3) is 0 Å². The zero-order valence-electron chi connectivity index (χ0n) is 17.5. The van der Waals surface area contributed by atoms with E-state index in [4.69, 9.17) is 10.6 Å². The smallest absolute Gasteiger partial charge is 0.230 e. The highest BCUT2D eigenvalue weighted by atomic mass is 32.2. The number of carbonyl (C=O) groups excluding carboxylic acids is 1. The predicted molar refractivity (Wildman–Crippen MR) is 119 cm³/mol. The molecule has 0 unspecified atom stereocenters. The normalized spacial score (nSPS) is 10.9. The molecule has 0 saturated carbocycles. The molecule has 0 atom stereocenters. The fourth-order valence-electron chi connectivity index (χ4n) is 2.78. The minimum Gasteiger partial charge on any atom is -0.486 e. The molecule has 8 heteroatoms. The number of hydrogen-bond acceptors (Lipinski definition) is 6. The van der Waals surface area contributed by atoms with E-state index >= 15 is 0 Å². The Morgan fingerprint density at radius 3 is 2.60 bits per heavy atom. The van der Waals surface area contributed by atoms with Gasteiger partial charge in [0.1, 0.15) is 12.4 Å². The van der Waals surface area contributed by atoms with Crippen LogP contribution in [0.3, 0.4) is 0 Å². The molecule has 1 amide bonds. The van der Waals surface area contributed by atoms with Crippen molar-refractivity contribution in [3.05, 3.63) is 71.0 Å². The van der Waals surface area contributed by atoms with Gasteiger partial charge >= 0.3 is 0 Å². The fourth-order valence-corrected chi connectivity index (χ4v) is 3.49. The molecule has 3 rings (SSSR count). The van der Waals surface area contributed by atoms with Gasteiger partial charge in [0.2, 0.25) is 11.1 Å². The van der Waals surface area contributed by atoms with Crippen LogP contribution in [0.2, 0.25) is 0 Å². The van der Waals surface area contributed by atoms with Gasteiger partial charge in [-0.1, -0.05) is 62.0 Å². The van der Waals surface area contributed by atoms with Crippen LogP contribution in [0, 0.1) is 6.92 Å². The molecule has 0 aliphatic heterocycles. The lowest BCUT2D eigenvalue weighted by atomic mass is 10.0. The van der Waals surface area contributed by atoms with Gasteiger partial charge in [-0.15, -0.1) is 10.2 Å². The number of ether oxygens (including phenoxy) is 1. The summed E-state index contributed by atoms with van der Waals surface area (Å²) in [6.45, 7) is 7.01. The first-order valence-electron chi connectivity index (χ1n) is 9.80. The van der Waals surface area contributed by atoms with E-state index in [1.165, 1.54) is 22.0 Å². The number of thioether (sulfide) groups is 1. The Balaban J connectivity index is 1.47. The van der Waals surface area contributed by atoms with E-state index in [9.17, 15) is 4.79 Å². The Kier molecular flexibility index (Phi) is 7.35. The molecule has 0 bridgehead atoms. The molecular weight excluding hydrogens is 398 g/mol. The van der Waals surface area contributed by atoms with E-state index in [0.29, 0.717) is 23.4 Å². The Labute approximate surface area is 181 Å². The van der Waals surface area contributed by atoms with Gasteiger partial charge in [0, 0.05) is 6.54 Å². The fraction of sp³-hybridized carbons (Fsp3) is 0.318. The van der Waals surface area contributed by atoms with E-state index in [1.807, 2.05) is 55.5 Å². The summed E-state index contributed by atoms with van der Waals surface area (Å²) in [5.41, 5.74) is 3.50. The van der Waals surface area contributed by atoms with Crippen molar-refractivity contribution in [1.82, 2.24) is 20.2 Å². The van der Waals surface area contributed by atoms with Crippen molar-refractivity contribution in [2.24, 2.45) is 0 Å². The molecule has 0 aliphatic rings. The average molecular weight is 426 g/mol. The Bertz CT molecular complexity index is 985. The van der Waals surface area contributed by atoms with Gasteiger partial charge in [0.05, 0.1) is 5.75 Å². The zero-order valence-corrected chi connectivity index (χ0v) is 18.3. The molecule has 30 heavy (non-hydrogen) atoms. The van der Waals surface area contributed by atoms with Gasteiger partial charge in [-0.05, 0) is 41.7 Å². The summed E-state index contributed by atoms with van der Waals surface area (Å²) in [4.78, 5) is 12.2. The van der Waals surface area contributed by atoms with Crippen LogP contribution in [0.1, 0.15) is 42.3 Å². The van der Waals surface area contributed by atoms with Gasteiger partial charge in [-0.25, -0.2) is 4.68 Å². The summed E-state index contributed by atoms with van der Waals surface area (Å²) in [6.07, 6.45) is 0. The number of nitrogens with one attached hydrogen (secondary N) is 1. The quantitative estimate of drug-likeness (QED) is 0.403. The minimum atomic E-state index is -0.0886. The summed E-state index contributed by atoms with van der Waals surface area (Å²) < 4.78 is 7.12. The molecule has 0 spiro atoms. The average Bonchev–Trinajstić information content (AvgIpc) is 3.10. The standard InChI is InChI=1S/C22H27N5O2S/c1-15(2)17-8-10-19(11-9-17)29-13-20-25-26-22(27(20)23)30-14-21(28)24-12-18-7-5-4-6-16(18)3/h4-11,15H,12-14,23H2,1-3H3,(H,24,28). The third kappa shape index (κ3) is 5.76. The van der Waals surface area contributed by atoms with Crippen molar-refractivity contribution < 1.29 is 9.53 Å².